The Hall–Kier alpha value is -1.59. The fourth-order valence-corrected chi connectivity index (χ4v) is 2.12. The summed E-state index contributed by atoms with van der Waals surface area (Å²) in [5.74, 6) is -0.738. The summed E-state index contributed by atoms with van der Waals surface area (Å²) < 4.78 is 0. The van der Waals surface area contributed by atoms with Crippen molar-refractivity contribution in [2.24, 2.45) is 5.73 Å². The van der Waals surface area contributed by atoms with Crippen LogP contribution in [0.15, 0.2) is 24.3 Å². The van der Waals surface area contributed by atoms with Crippen LogP contribution < -0.4 is 16.4 Å². The average Bonchev–Trinajstić information content (AvgIpc) is 2.37. The molecule has 2 amide bonds. The van der Waals surface area contributed by atoms with Gasteiger partial charge in [-0.05, 0) is 25.5 Å². The maximum Gasteiger partial charge on any atom is 0.228 e. The van der Waals surface area contributed by atoms with Crippen molar-refractivity contribution in [3.63, 3.8) is 0 Å². The predicted molar refractivity (Wildman–Crippen MR) is 81.0 cm³/mol. The smallest absolute Gasteiger partial charge is 0.228 e. The van der Waals surface area contributed by atoms with Gasteiger partial charge in [0.05, 0.1) is 5.92 Å². The number of nitrogens with one attached hydrogen (secondary N) is 2. The number of benzene rings is 1. The van der Waals surface area contributed by atoms with E-state index in [4.69, 9.17) is 5.73 Å². The van der Waals surface area contributed by atoms with E-state index in [0.29, 0.717) is 12.2 Å². The number of amides is 2. The monoisotopic (exact) mass is 297 g/mol. The largest absolute Gasteiger partial charge is 0.349 e. The minimum absolute atomic E-state index is 0. The van der Waals surface area contributed by atoms with Gasteiger partial charge in [-0.3, -0.25) is 9.59 Å². The van der Waals surface area contributed by atoms with E-state index in [-0.39, 0.29) is 30.6 Å². The maximum absolute atomic E-state index is 12.3. The second-order valence-electron chi connectivity index (χ2n) is 5.47. The van der Waals surface area contributed by atoms with Gasteiger partial charge in [0, 0.05) is 24.2 Å². The standard InChI is InChI=1S/C14H19N3O2.ClH/c1-14(2,8-15)17-13(19)10-7-12(18)16-11-6-4-3-5-9(10)11;/h3-6,10H,7-8,15H2,1-2H3,(H,16,18)(H,17,19);1H. The molecule has 0 radical (unpaired) electrons. The number of hydrogen-bond acceptors (Lipinski definition) is 3. The summed E-state index contributed by atoms with van der Waals surface area (Å²) in [6.07, 6.45) is 0.170. The summed E-state index contributed by atoms with van der Waals surface area (Å²) >= 11 is 0. The van der Waals surface area contributed by atoms with Crippen LogP contribution >= 0.6 is 12.4 Å². The zero-order valence-electron chi connectivity index (χ0n) is 11.6. The first kappa shape index (κ1) is 16.5. The number of hydrogen-bond donors (Lipinski definition) is 3. The van der Waals surface area contributed by atoms with Gasteiger partial charge in [-0.25, -0.2) is 0 Å². The lowest BCUT2D eigenvalue weighted by Crippen LogP contribution is -2.51. The molecule has 0 aromatic heterocycles. The number of nitrogens with two attached hydrogens (primary N) is 1. The highest BCUT2D eigenvalue weighted by atomic mass is 35.5. The molecule has 20 heavy (non-hydrogen) atoms. The molecule has 2 rings (SSSR count). The highest BCUT2D eigenvalue weighted by molar-refractivity contribution is 6.01. The lowest BCUT2D eigenvalue weighted by Gasteiger charge is -2.30. The Labute approximate surface area is 124 Å². The van der Waals surface area contributed by atoms with Gasteiger partial charge in [0.1, 0.15) is 0 Å². The third kappa shape index (κ3) is 3.49. The normalized spacial score (nSPS) is 17.6. The van der Waals surface area contributed by atoms with E-state index in [2.05, 4.69) is 10.6 Å². The molecule has 0 bridgehead atoms. The summed E-state index contributed by atoms with van der Waals surface area (Å²) in [7, 11) is 0. The second kappa shape index (κ2) is 6.24. The molecular weight excluding hydrogens is 278 g/mol. The van der Waals surface area contributed by atoms with E-state index in [9.17, 15) is 9.59 Å². The first-order chi connectivity index (χ1) is 8.93. The number of rotatable bonds is 3. The first-order valence-electron chi connectivity index (χ1n) is 6.34. The van der Waals surface area contributed by atoms with Crippen molar-refractivity contribution < 1.29 is 9.59 Å². The molecule has 1 aliphatic heterocycles. The van der Waals surface area contributed by atoms with Crippen molar-refractivity contribution in [2.45, 2.75) is 31.7 Å². The number of para-hydroxylation sites is 1. The minimum Gasteiger partial charge on any atom is -0.349 e. The van der Waals surface area contributed by atoms with Crippen molar-refractivity contribution >= 4 is 29.9 Å². The molecule has 5 nitrogen and oxygen atoms in total. The van der Waals surface area contributed by atoms with Crippen LogP contribution in [0.3, 0.4) is 0 Å². The highest BCUT2D eigenvalue weighted by Crippen LogP contribution is 2.32. The molecule has 0 aliphatic carbocycles. The van der Waals surface area contributed by atoms with Gasteiger partial charge in [0.2, 0.25) is 11.8 Å². The summed E-state index contributed by atoms with van der Waals surface area (Å²) in [4.78, 5) is 24.0. The Morgan fingerprint density at radius 3 is 2.75 bits per heavy atom. The van der Waals surface area contributed by atoms with Crippen molar-refractivity contribution in [1.82, 2.24) is 5.32 Å². The third-order valence-electron chi connectivity index (χ3n) is 3.29. The SMILES string of the molecule is CC(C)(CN)NC(=O)C1CC(=O)Nc2ccccc21.Cl. The van der Waals surface area contributed by atoms with E-state index in [1.54, 1.807) is 6.07 Å². The van der Waals surface area contributed by atoms with Gasteiger partial charge in [0.25, 0.3) is 0 Å². The molecule has 110 valence electrons. The van der Waals surface area contributed by atoms with E-state index in [1.807, 2.05) is 32.0 Å². The van der Waals surface area contributed by atoms with E-state index in [0.717, 1.165) is 5.56 Å². The van der Waals surface area contributed by atoms with E-state index >= 15 is 0 Å². The molecule has 1 aliphatic rings. The van der Waals surface area contributed by atoms with Crippen LogP contribution in [0.4, 0.5) is 5.69 Å². The second-order valence-corrected chi connectivity index (χ2v) is 5.47. The van der Waals surface area contributed by atoms with Crippen molar-refractivity contribution in [1.29, 1.82) is 0 Å². The van der Waals surface area contributed by atoms with Crippen molar-refractivity contribution in [2.75, 3.05) is 11.9 Å². The van der Waals surface area contributed by atoms with Gasteiger partial charge >= 0.3 is 0 Å². The summed E-state index contributed by atoms with van der Waals surface area (Å²) in [6.45, 7) is 4.07. The van der Waals surface area contributed by atoms with Gasteiger partial charge in [0.15, 0.2) is 0 Å². The van der Waals surface area contributed by atoms with Crippen LogP contribution in [0.25, 0.3) is 0 Å². The van der Waals surface area contributed by atoms with Gasteiger partial charge in [-0.15, -0.1) is 12.4 Å². The minimum atomic E-state index is -0.472. The summed E-state index contributed by atoms with van der Waals surface area (Å²) in [5.41, 5.74) is 6.71. The molecule has 4 N–H and O–H groups in total. The summed E-state index contributed by atoms with van der Waals surface area (Å²) in [6, 6.07) is 7.38. The quantitative estimate of drug-likeness (QED) is 0.788. The molecular formula is C14H20ClN3O2. The Kier molecular flexibility index (Phi) is 5.14. The van der Waals surface area contributed by atoms with Crippen LogP contribution in [0, 0.1) is 0 Å². The third-order valence-corrected chi connectivity index (χ3v) is 3.29. The molecule has 1 heterocycles. The number of halogens is 1. The van der Waals surface area contributed by atoms with Crippen LogP contribution in [0.2, 0.25) is 0 Å². The fourth-order valence-electron chi connectivity index (χ4n) is 2.12. The lowest BCUT2D eigenvalue weighted by atomic mass is 9.89. The number of carbonyl (C=O) groups is 2. The molecule has 1 aromatic rings. The maximum atomic E-state index is 12.3. The zero-order chi connectivity index (χ0) is 14.0. The van der Waals surface area contributed by atoms with Gasteiger partial charge in [-0.1, -0.05) is 18.2 Å². The Bertz CT molecular complexity index is 517. The van der Waals surface area contributed by atoms with Crippen LogP contribution in [-0.4, -0.2) is 23.9 Å². The van der Waals surface area contributed by atoms with Crippen LogP contribution in [0.1, 0.15) is 31.7 Å². The van der Waals surface area contributed by atoms with E-state index in [1.165, 1.54) is 0 Å². The fraction of sp³-hybridized carbons (Fsp3) is 0.429. The van der Waals surface area contributed by atoms with E-state index < -0.39 is 11.5 Å². The number of fused-ring (bicyclic) bond motifs is 1. The molecule has 6 heteroatoms. The van der Waals surface area contributed by atoms with Crippen LogP contribution in [0.5, 0.6) is 0 Å². The number of anilines is 1. The molecule has 0 spiro atoms. The molecule has 1 atom stereocenters. The topological polar surface area (TPSA) is 84.2 Å². The van der Waals surface area contributed by atoms with Crippen molar-refractivity contribution in [3.05, 3.63) is 29.8 Å². The lowest BCUT2D eigenvalue weighted by molar-refractivity contribution is -0.127. The highest BCUT2D eigenvalue weighted by Gasteiger charge is 2.32. The predicted octanol–water partition coefficient (Wildman–Crippen LogP) is 1.39. The van der Waals surface area contributed by atoms with Crippen molar-refractivity contribution in [3.8, 4) is 0 Å². The Balaban J connectivity index is 0.00000200. The molecule has 0 saturated carbocycles. The Morgan fingerprint density at radius 1 is 1.45 bits per heavy atom. The molecule has 0 saturated heterocycles. The molecule has 0 fully saturated rings. The Morgan fingerprint density at radius 2 is 2.10 bits per heavy atom. The first-order valence-corrected chi connectivity index (χ1v) is 6.34. The zero-order valence-corrected chi connectivity index (χ0v) is 12.4. The molecule has 1 unspecified atom stereocenters. The van der Waals surface area contributed by atoms with Gasteiger partial charge in [-0.2, -0.15) is 0 Å². The van der Waals surface area contributed by atoms with Gasteiger partial charge < -0.3 is 16.4 Å². The van der Waals surface area contributed by atoms with Crippen LogP contribution in [-0.2, 0) is 9.59 Å². The average molecular weight is 298 g/mol. The number of carbonyl (C=O) groups excluding carboxylic acids is 2. The summed E-state index contributed by atoms with van der Waals surface area (Å²) in [5, 5.41) is 5.67. The molecule has 1 aromatic carbocycles.